The van der Waals surface area contributed by atoms with Crippen LogP contribution in [0.5, 0.6) is 0 Å². The molecule has 0 heterocycles. The molecule has 0 amide bonds. The predicted octanol–water partition coefficient (Wildman–Crippen LogP) is 1.43. The van der Waals surface area contributed by atoms with Crippen LogP contribution >= 0.6 is 0 Å². The lowest BCUT2D eigenvalue weighted by atomic mass is 9.79. The Labute approximate surface area is 126 Å². The van der Waals surface area contributed by atoms with Gasteiger partial charge in [0.1, 0.15) is 0 Å². The van der Waals surface area contributed by atoms with Crippen LogP contribution in [0.15, 0.2) is 0 Å². The summed E-state index contributed by atoms with van der Waals surface area (Å²) in [7, 11) is 1.45. The Balaban J connectivity index is 2.35. The van der Waals surface area contributed by atoms with E-state index < -0.39 is 18.0 Å². The Morgan fingerprint density at radius 1 is 1.14 bits per heavy atom. The summed E-state index contributed by atoms with van der Waals surface area (Å²) in [6.07, 6.45) is 2.30. The van der Waals surface area contributed by atoms with Crippen LogP contribution in [-0.2, 0) is 14.5 Å². The van der Waals surface area contributed by atoms with Crippen LogP contribution < -0.4 is 0 Å². The average Bonchev–Trinajstić information content (AvgIpc) is 2.50. The zero-order valence-electron chi connectivity index (χ0n) is 13.3. The van der Waals surface area contributed by atoms with Crippen LogP contribution in [-0.4, -0.2) is 48.2 Å². The fourth-order valence-electron chi connectivity index (χ4n) is 2.78. The minimum absolute atomic E-state index is 0.0963. The molecule has 0 aromatic rings. The van der Waals surface area contributed by atoms with Gasteiger partial charge in [-0.2, -0.15) is 0 Å². The van der Waals surface area contributed by atoms with Crippen molar-refractivity contribution >= 4 is 0 Å². The van der Waals surface area contributed by atoms with E-state index in [0.717, 1.165) is 25.7 Å². The van der Waals surface area contributed by atoms with Gasteiger partial charge in [-0.25, -0.2) is 9.78 Å². The Hall–Kier alpha value is -0.240. The maximum atomic E-state index is 9.82. The molecule has 1 rings (SSSR count). The summed E-state index contributed by atoms with van der Waals surface area (Å²) >= 11 is 0. The van der Waals surface area contributed by atoms with Crippen molar-refractivity contribution in [2.45, 2.75) is 58.5 Å². The molecule has 21 heavy (non-hydrogen) atoms. The number of aliphatic hydroxyl groups is 3. The van der Waals surface area contributed by atoms with Crippen molar-refractivity contribution in [2.75, 3.05) is 20.3 Å². The molecule has 1 aliphatic carbocycles. The quantitative estimate of drug-likeness (QED) is 0.258. The number of aliphatic hydroxyl groups excluding tert-OH is 2. The average molecular weight is 306 g/mol. The van der Waals surface area contributed by atoms with Crippen molar-refractivity contribution < 1.29 is 29.8 Å². The first-order valence-corrected chi connectivity index (χ1v) is 7.76. The number of hydrogen-bond acceptors (Lipinski definition) is 6. The van der Waals surface area contributed by atoms with Crippen LogP contribution in [0.4, 0.5) is 0 Å². The van der Waals surface area contributed by atoms with Crippen molar-refractivity contribution in [3.63, 3.8) is 0 Å². The van der Waals surface area contributed by atoms with Crippen molar-refractivity contribution in [3.8, 4) is 0 Å². The lowest BCUT2D eigenvalue weighted by Crippen LogP contribution is -2.38. The van der Waals surface area contributed by atoms with Gasteiger partial charge in [0.05, 0.1) is 13.2 Å². The second-order valence-corrected chi connectivity index (χ2v) is 6.26. The molecule has 0 spiro atoms. The summed E-state index contributed by atoms with van der Waals surface area (Å²) in [6, 6.07) is 0. The molecule has 0 radical (unpaired) electrons. The van der Waals surface area contributed by atoms with E-state index in [9.17, 15) is 15.3 Å². The molecular formula is C15H30O6. The second kappa shape index (κ2) is 9.02. The van der Waals surface area contributed by atoms with Gasteiger partial charge in [-0.15, -0.1) is 0 Å². The van der Waals surface area contributed by atoms with E-state index >= 15 is 0 Å². The minimum Gasteiger partial charge on any atom is -0.368 e. The second-order valence-electron chi connectivity index (χ2n) is 6.26. The van der Waals surface area contributed by atoms with E-state index in [0.29, 0.717) is 13.0 Å². The monoisotopic (exact) mass is 306 g/mol. The van der Waals surface area contributed by atoms with Crippen LogP contribution in [0.1, 0.15) is 46.0 Å². The van der Waals surface area contributed by atoms with Gasteiger partial charge in [0.25, 0.3) is 0 Å². The smallest absolute Gasteiger partial charge is 0.161 e. The molecule has 0 bridgehead atoms. The van der Waals surface area contributed by atoms with E-state index in [1.54, 1.807) is 0 Å². The minimum atomic E-state index is -1.30. The maximum absolute atomic E-state index is 9.82. The lowest BCUT2D eigenvalue weighted by Gasteiger charge is -2.33. The summed E-state index contributed by atoms with van der Waals surface area (Å²) in [5.74, 6) is -0.0524. The van der Waals surface area contributed by atoms with Gasteiger partial charge in [-0.3, -0.25) is 0 Å². The van der Waals surface area contributed by atoms with Gasteiger partial charge in [-0.1, -0.05) is 26.7 Å². The van der Waals surface area contributed by atoms with Gasteiger partial charge in [0.15, 0.2) is 12.6 Å². The topological polar surface area (TPSA) is 88.4 Å². The van der Waals surface area contributed by atoms with Crippen LogP contribution in [0.25, 0.3) is 0 Å². The van der Waals surface area contributed by atoms with Crippen molar-refractivity contribution in [3.05, 3.63) is 0 Å². The molecule has 6 heteroatoms. The van der Waals surface area contributed by atoms with Gasteiger partial charge in [0.2, 0.25) is 0 Å². The first-order chi connectivity index (χ1) is 9.94. The standard InChI is InChI=1S/C15H30O6/c1-4-15(2,14(18)19-3)10-21-20-9-11-7-5-6-8-12(11)13(16)17/h11-14,16-18H,4-10H2,1-3H3. The molecule has 0 aliphatic heterocycles. The molecule has 1 saturated carbocycles. The fourth-order valence-corrected chi connectivity index (χ4v) is 2.78. The highest BCUT2D eigenvalue weighted by molar-refractivity contribution is 4.77. The van der Waals surface area contributed by atoms with E-state index in [1.165, 1.54) is 7.11 Å². The molecule has 1 fully saturated rings. The van der Waals surface area contributed by atoms with E-state index in [-0.39, 0.29) is 18.4 Å². The first-order valence-electron chi connectivity index (χ1n) is 7.76. The number of ether oxygens (including phenoxy) is 1. The van der Waals surface area contributed by atoms with Crippen LogP contribution in [0, 0.1) is 17.3 Å². The Kier molecular flexibility index (Phi) is 8.08. The predicted molar refractivity (Wildman–Crippen MR) is 77.0 cm³/mol. The largest absolute Gasteiger partial charge is 0.368 e. The highest BCUT2D eigenvalue weighted by Gasteiger charge is 2.33. The van der Waals surface area contributed by atoms with Crippen LogP contribution in [0.2, 0.25) is 0 Å². The number of rotatable bonds is 9. The Bertz CT molecular complexity index is 285. The SMILES string of the molecule is CCC(C)(COOCC1CCCCC1C(O)O)C(O)OC. The van der Waals surface area contributed by atoms with E-state index in [2.05, 4.69) is 0 Å². The third-order valence-electron chi connectivity index (χ3n) is 4.73. The number of hydrogen-bond donors (Lipinski definition) is 3. The molecule has 0 aromatic heterocycles. The summed E-state index contributed by atoms with van der Waals surface area (Å²) in [4.78, 5) is 10.5. The van der Waals surface area contributed by atoms with E-state index in [4.69, 9.17) is 14.5 Å². The van der Waals surface area contributed by atoms with Gasteiger partial charge in [-0.05, 0) is 25.2 Å². The molecule has 126 valence electrons. The van der Waals surface area contributed by atoms with Crippen molar-refractivity contribution in [1.29, 1.82) is 0 Å². The highest BCUT2D eigenvalue weighted by Crippen LogP contribution is 2.32. The Morgan fingerprint density at radius 2 is 1.81 bits per heavy atom. The van der Waals surface area contributed by atoms with Crippen molar-refractivity contribution in [2.24, 2.45) is 17.3 Å². The summed E-state index contributed by atoms with van der Waals surface area (Å²) < 4.78 is 4.96. The normalized spacial score (nSPS) is 27.6. The van der Waals surface area contributed by atoms with Crippen LogP contribution in [0.3, 0.4) is 0 Å². The molecule has 0 aromatic carbocycles. The Morgan fingerprint density at radius 3 is 2.38 bits per heavy atom. The molecule has 1 aliphatic rings. The van der Waals surface area contributed by atoms with E-state index in [1.807, 2.05) is 13.8 Å². The molecule has 6 nitrogen and oxygen atoms in total. The fraction of sp³-hybridized carbons (Fsp3) is 1.00. The molecule has 0 saturated heterocycles. The number of methoxy groups -OCH3 is 1. The summed E-state index contributed by atoms with van der Waals surface area (Å²) in [5, 5.41) is 28.6. The van der Waals surface area contributed by atoms with Gasteiger partial charge < -0.3 is 20.1 Å². The summed E-state index contributed by atoms with van der Waals surface area (Å²) in [5.41, 5.74) is -0.531. The highest BCUT2D eigenvalue weighted by atomic mass is 17.2. The third kappa shape index (κ3) is 5.47. The van der Waals surface area contributed by atoms with Gasteiger partial charge >= 0.3 is 0 Å². The molecular weight excluding hydrogens is 276 g/mol. The lowest BCUT2D eigenvalue weighted by molar-refractivity contribution is -0.334. The molecule has 3 N–H and O–H groups in total. The molecule has 4 atom stereocenters. The van der Waals surface area contributed by atoms with Crippen molar-refractivity contribution in [1.82, 2.24) is 0 Å². The maximum Gasteiger partial charge on any atom is 0.161 e. The zero-order valence-corrected chi connectivity index (χ0v) is 13.3. The molecule has 4 unspecified atom stereocenters. The third-order valence-corrected chi connectivity index (χ3v) is 4.73. The summed E-state index contributed by atoms with van der Waals surface area (Å²) in [6.45, 7) is 4.37. The van der Waals surface area contributed by atoms with Gasteiger partial charge in [0, 0.05) is 18.4 Å². The zero-order chi connectivity index (χ0) is 15.9. The first kappa shape index (κ1) is 18.8.